The highest BCUT2D eigenvalue weighted by Gasteiger charge is 2.24. The van der Waals surface area contributed by atoms with Crippen LogP contribution in [0, 0.1) is 12.8 Å². The number of carbonyl (C=O) groups excluding carboxylic acids is 2. The van der Waals surface area contributed by atoms with E-state index < -0.39 is 0 Å². The van der Waals surface area contributed by atoms with Crippen LogP contribution in [0.25, 0.3) is 0 Å². The third kappa shape index (κ3) is 4.18. The highest BCUT2D eigenvalue weighted by atomic mass is 16.2. The van der Waals surface area contributed by atoms with E-state index in [1.54, 1.807) is 4.90 Å². The quantitative estimate of drug-likeness (QED) is 0.884. The van der Waals surface area contributed by atoms with Crippen LogP contribution in [0.3, 0.4) is 0 Å². The molecule has 7 nitrogen and oxygen atoms in total. The molecule has 0 unspecified atom stereocenters. The number of aryl methyl sites for hydroxylation is 1. The maximum absolute atomic E-state index is 12.6. The molecule has 7 heteroatoms. The van der Waals surface area contributed by atoms with Gasteiger partial charge in [0, 0.05) is 50.2 Å². The molecule has 0 atom stereocenters. The lowest BCUT2D eigenvalue weighted by molar-refractivity contribution is -0.117. The summed E-state index contributed by atoms with van der Waals surface area (Å²) in [7, 11) is 0. The Labute approximate surface area is 165 Å². The van der Waals surface area contributed by atoms with Crippen LogP contribution in [-0.2, 0) is 11.3 Å². The molecule has 0 saturated carbocycles. The lowest BCUT2D eigenvalue weighted by Gasteiger charge is -2.32. The first-order chi connectivity index (χ1) is 13.6. The maximum atomic E-state index is 12.6. The van der Waals surface area contributed by atoms with Gasteiger partial charge in [-0.25, -0.2) is 4.79 Å². The number of carbonyl (C=O) groups is 2. The molecule has 2 fully saturated rings. The lowest BCUT2D eigenvalue weighted by Crippen LogP contribution is -2.41. The van der Waals surface area contributed by atoms with Gasteiger partial charge in [0.25, 0.3) is 0 Å². The minimum Gasteiger partial charge on any atom is -0.325 e. The van der Waals surface area contributed by atoms with Crippen molar-refractivity contribution in [1.82, 2.24) is 14.7 Å². The third-order valence-corrected chi connectivity index (χ3v) is 5.59. The van der Waals surface area contributed by atoms with E-state index in [0.717, 1.165) is 56.8 Å². The van der Waals surface area contributed by atoms with Gasteiger partial charge in [0.2, 0.25) is 5.91 Å². The van der Waals surface area contributed by atoms with Crippen LogP contribution in [0.1, 0.15) is 31.2 Å². The number of benzene rings is 1. The smallest absolute Gasteiger partial charge is 0.321 e. The zero-order chi connectivity index (χ0) is 19.5. The van der Waals surface area contributed by atoms with Crippen LogP contribution in [0.5, 0.6) is 0 Å². The van der Waals surface area contributed by atoms with E-state index in [4.69, 9.17) is 0 Å². The molecule has 0 aliphatic carbocycles. The summed E-state index contributed by atoms with van der Waals surface area (Å²) in [4.78, 5) is 28.3. The normalized spacial score (nSPS) is 18.0. The minimum atomic E-state index is -0.0710. The molecule has 1 aromatic heterocycles. The van der Waals surface area contributed by atoms with Gasteiger partial charge >= 0.3 is 6.03 Å². The Morgan fingerprint density at radius 2 is 2.07 bits per heavy atom. The predicted octanol–water partition coefficient (Wildman–Crippen LogP) is 3.26. The van der Waals surface area contributed by atoms with Gasteiger partial charge in [0.15, 0.2) is 0 Å². The van der Waals surface area contributed by atoms with E-state index in [0.29, 0.717) is 12.3 Å². The summed E-state index contributed by atoms with van der Waals surface area (Å²) in [6, 6.07) is 7.48. The van der Waals surface area contributed by atoms with Crippen molar-refractivity contribution in [3.05, 3.63) is 42.2 Å². The van der Waals surface area contributed by atoms with Crippen LogP contribution >= 0.6 is 0 Å². The Hall–Kier alpha value is -2.83. The van der Waals surface area contributed by atoms with Crippen molar-refractivity contribution in [2.24, 2.45) is 5.92 Å². The molecule has 2 aliphatic rings. The van der Waals surface area contributed by atoms with Gasteiger partial charge in [-0.2, -0.15) is 5.10 Å². The van der Waals surface area contributed by atoms with E-state index in [-0.39, 0.29) is 11.9 Å². The van der Waals surface area contributed by atoms with Gasteiger partial charge in [0.1, 0.15) is 0 Å². The van der Waals surface area contributed by atoms with Crippen molar-refractivity contribution in [2.75, 3.05) is 29.9 Å². The molecular weight excluding hydrogens is 354 g/mol. The molecule has 2 saturated heterocycles. The number of likely N-dealkylation sites (tertiary alicyclic amines) is 1. The van der Waals surface area contributed by atoms with Crippen molar-refractivity contribution in [1.29, 1.82) is 0 Å². The second-order valence-corrected chi connectivity index (χ2v) is 7.80. The number of urea groups is 1. The Morgan fingerprint density at radius 1 is 1.25 bits per heavy atom. The molecule has 0 radical (unpaired) electrons. The second kappa shape index (κ2) is 8.04. The van der Waals surface area contributed by atoms with E-state index in [1.807, 2.05) is 47.0 Å². The van der Waals surface area contributed by atoms with Crippen molar-refractivity contribution in [2.45, 2.75) is 39.2 Å². The number of aromatic nitrogens is 2. The summed E-state index contributed by atoms with van der Waals surface area (Å²) < 4.78 is 2.00. The summed E-state index contributed by atoms with van der Waals surface area (Å²) in [6.45, 7) is 5.21. The summed E-state index contributed by atoms with van der Waals surface area (Å²) >= 11 is 0. The fourth-order valence-electron chi connectivity index (χ4n) is 4.03. The van der Waals surface area contributed by atoms with Crippen molar-refractivity contribution < 1.29 is 9.59 Å². The molecule has 3 heterocycles. The first kappa shape index (κ1) is 18.5. The molecule has 2 aliphatic heterocycles. The Bertz CT molecular complexity index is 854. The monoisotopic (exact) mass is 381 g/mol. The molecule has 1 N–H and O–H groups in total. The summed E-state index contributed by atoms with van der Waals surface area (Å²) in [5.74, 6) is 0.700. The fraction of sp³-hybridized carbons (Fsp3) is 0.476. The topological polar surface area (TPSA) is 70.5 Å². The molecule has 0 bridgehead atoms. The molecular formula is C21H27N5O2. The number of amides is 3. The lowest BCUT2D eigenvalue weighted by atomic mass is 9.97. The largest absolute Gasteiger partial charge is 0.325 e. The molecule has 3 amide bonds. The number of piperidine rings is 1. The summed E-state index contributed by atoms with van der Waals surface area (Å²) in [5.41, 5.74) is 2.76. The number of hydrogen-bond acceptors (Lipinski definition) is 3. The first-order valence-electron chi connectivity index (χ1n) is 10.0. The predicted molar refractivity (Wildman–Crippen MR) is 108 cm³/mol. The van der Waals surface area contributed by atoms with E-state index in [2.05, 4.69) is 16.6 Å². The second-order valence-electron chi connectivity index (χ2n) is 7.80. The van der Waals surface area contributed by atoms with Crippen molar-refractivity contribution in [3.8, 4) is 0 Å². The number of anilines is 2. The van der Waals surface area contributed by atoms with Crippen LogP contribution in [0.2, 0.25) is 0 Å². The van der Waals surface area contributed by atoms with Crippen LogP contribution < -0.4 is 10.2 Å². The molecule has 28 heavy (non-hydrogen) atoms. The van der Waals surface area contributed by atoms with Gasteiger partial charge in [-0.1, -0.05) is 6.07 Å². The third-order valence-electron chi connectivity index (χ3n) is 5.59. The summed E-state index contributed by atoms with van der Waals surface area (Å²) in [6.07, 6.45) is 7.40. The molecule has 2 aromatic rings. The fourth-order valence-corrected chi connectivity index (χ4v) is 4.03. The van der Waals surface area contributed by atoms with Gasteiger partial charge in [-0.3, -0.25) is 9.48 Å². The number of nitrogens with zero attached hydrogens (tertiary/aromatic N) is 4. The average molecular weight is 381 g/mol. The Morgan fingerprint density at radius 3 is 2.75 bits per heavy atom. The van der Waals surface area contributed by atoms with Crippen LogP contribution in [0.15, 0.2) is 36.7 Å². The Balaban J connectivity index is 1.30. The van der Waals surface area contributed by atoms with Gasteiger partial charge in [0.05, 0.1) is 6.20 Å². The highest BCUT2D eigenvalue weighted by molar-refractivity contribution is 5.96. The zero-order valence-electron chi connectivity index (χ0n) is 16.3. The molecule has 4 rings (SSSR count). The van der Waals surface area contributed by atoms with E-state index in [1.165, 1.54) is 5.56 Å². The van der Waals surface area contributed by atoms with Gasteiger partial charge in [-0.05, 0) is 55.9 Å². The average Bonchev–Trinajstić information content (AvgIpc) is 3.30. The molecule has 148 valence electrons. The van der Waals surface area contributed by atoms with Gasteiger partial charge < -0.3 is 15.1 Å². The van der Waals surface area contributed by atoms with E-state index >= 15 is 0 Å². The van der Waals surface area contributed by atoms with Crippen LogP contribution in [-0.4, -0.2) is 46.3 Å². The molecule has 1 aromatic carbocycles. The standard InChI is InChI=1S/C21H27N5O2/c1-16-13-22-25(14-16)15-17-7-10-24(11-8-17)21(28)23-18-4-2-5-19(12-18)26-9-3-6-20(26)27/h2,4-5,12-14,17H,3,6-11,15H2,1H3,(H,23,28). The zero-order valence-corrected chi connectivity index (χ0v) is 16.3. The minimum absolute atomic E-state index is 0.0710. The maximum Gasteiger partial charge on any atom is 0.321 e. The van der Waals surface area contributed by atoms with Crippen molar-refractivity contribution >= 4 is 23.3 Å². The number of nitrogens with one attached hydrogen (secondary N) is 1. The van der Waals surface area contributed by atoms with Crippen LogP contribution in [0.4, 0.5) is 16.2 Å². The SMILES string of the molecule is Cc1cnn(CC2CCN(C(=O)Nc3cccc(N4CCCC4=O)c3)CC2)c1. The Kier molecular flexibility index (Phi) is 5.32. The van der Waals surface area contributed by atoms with E-state index in [9.17, 15) is 9.59 Å². The van der Waals surface area contributed by atoms with Gasteiger partial charge in [-0.15, -0.1) is 0 Å². The molecule has 0 spiro atoms. The highest BCUT2D eigenvalue weighted by Crippen LogP contribution is 2.25. The first-order valence-corrected chi connectivity index (χ1v) is 10.0. The number of rotatable bonds is 4. The van der Waals surface area contributed by atoms with Crippen molar-refractivity contribution in [3.63, 3.8) is 0 Å². The number of hydrogen-bond donors (Lipinski definition) is 1. The summed E-state index contributed by atoms with van der Waals surface area (Å²) in [5, 5.41) is 7.35.